The van der Waals surface area contributed by atoms with Gasteiger partial charge in [0, 0.05) is 32.6 Å². The maximum Gasteiger partial charge on any atom is 0.270 e. The van der Waals surface area contributed by atoms with Crippen molar-refractivity contribution in [2.24, 2.45) is 0 Å². The number of anilines is 1. The number of rotatable bonds is 3. The summed E-state index contributed by atoms with van der Waals surface area (Å²) in [5.41, 5.74) is -0.170. The van der Waals surface area contributed by atoms with E-state index in [0.29, 0.717) is 18.7 Å². The highest BCUT2D eigenvalue weighted by Gasteiger charge is 2.40. The van der Waals surface area contributed by atoms with Crippen molar-refractivity contribution >= 4 is 17.5 Å². The van der Waals surface area contributed by atoms with Gasteiger partial charge in [0.05, 0.1) is 5.69 Å². The van der Waals surface area contributed by atoms with E-state index < -0.39 is 5.60 Å². The van der Waals surface area contributed by atoms with Crippen LogP contribution in [-0.4, -0.2) is 55.0 Å². The van der Waals surface area contributed by atoms with Gasteiger partial charge in [-0.25, -0.2) is 0 Å². The predicted molar refractivity (Wildman–Crippen MR) is 92.2 cm³/mol. The van der Waals surface area contributed by atoms with E-state index in [4.69, 9.17) is 4.74 Å². The fourth-order valence-corrected chi connectivity index (χ4v) is 3.20. The maximum atomic E-state index is 12.7. The van der Waals surface area contributed by atoms with Crippen LogP contribution in [0.15, 0.2) is 24.3 Å². The van der Waals surface area contributed by atoms with E-state index in [9.17, 15) is 9.59 Å². The molecule has 130 valence electrons. The zero-order valence-electron chi connectivity index (χ0n) is 14.4. The Morgan fingerprint density at radius 1 is 1.25 bits per heavy atom. The van der Waals surface area contributed by atoms with Crippen molar-refractivity contribution in [1.29, 1.82) is 0 Å². The van der Waals surface area contributed by atoms with Gasteiger partial charge in [0.2, 0.25) is 5.91 Å². The van der Waals surface area contributed by atoms with Crippen molar-refractivity contribution in [2.45, 2.75) is 32.3 Å². The molecule has 6 nitrogen and oxygen atoms in total. The Morgan fingerprint density at radius 2 is 2.04 bits per heavy atom. The number of fused-ring (bicyclic) bond motifs is 1. The van der Waals surface area contributed by atoms with Crippen molar-refractivity contribution in [2.75, 3.05) is 37.6 Å². The smallest absolute Gasteiger partial charge is 0.270 e. The first-order valence-electron chi connectivity index (χ1n) is 8.57. The third kappa shape index (κ3) is 3.38. The SMILES string of the molecule is CC1(C)Oc2ccccc2N(CCC(=O)N2CCCNCC2)C1=O. The molecule has 0 aliphatic carbocycles. The Bertz CT molecular complexity index is 622. The molecule has 1 saturated heterocycles. The normalized spacial score (nSPS) is 20.2. The number of amides is 2. The lowest BCUT2D eigenvalue weighted by Gasteiger charge is -2.38. The van der Waals surface area contributed by atoms with E-state index in [1.165, 1.54) is 0 Å². The van der Waals surface area contributed by atoms with Gasteiger partial charge in [0.15, 0.2) is 5.60 Å². The third-order valence-corrected chi connectivity index (χ3v) is 4.52. The Hall–Kier alpha value is -2.08. The molecule has 1 N–H and O–H groups in total. The average Bonchev–Trinajstić information content (AvgIpc) is 2.84. The topological polar surface area (TPSA) is 61.9 Å². The molecule has 0 bridgehead atoms. The molecule has 0 aromatic heterocycles. The molecule has 0 atom stereocenters. The van der Waals surface area contributed by atoms with E-state index in [0.717, 1.165) is 38.3 Å². The Balaban J connectivity index is 1.71. The van der Waals surface area contributed by atoms with Crippen LogP contribution in [0.3, 0.4) is 0 Å². The lowest BCUT2D eigenvalue weighted by Crippen LogP contribution is -2.53. The molecule has 1 aromatic rings. The van der Waals surface area contributed by atoms with Crippen LogP contribution in [0.2, 0.25) is 0 Å². The van der Waals surface area contributed by atoms with Crippen LogP contribution in [0.5, 0.6) is 5.75 Å². The molecular weight excluding hydrogens is 306 g/mol. The molecule has 2 aliphatic rings. The third-order valence-electron chi connectivity index (χ3n) is 4.52. The summed E-state index contributed by atoms with van der Waals surface area (Å²) in [5, 5.41) is 3.29. The number of carbonyl (C=O) groups is 2. The van der Waals surface area contributed by atoms with Crippen LogP contribution >= 0.6 is 0 Å². The molecular formula is C18H25N3O3. The van der Waals surface area contributed by atoms with Crippen molar-refractivity contribution in [3.05, 3.63) is 24.3 Å². The van der Waals surface area contributed by atoms with E-state index >= 15 is 0 Å². The number of hydrogen-bond acceptors (Lipinski definition) is 4. The number of carbonyl (C=O) groups excluding carboxylic acids is 2. The first-order chi connectivity index (χ1) is 11.5. The molecule has 1 fully saturated rings. The maximum absolute atomic E-state index is 12.7. The minimum absolute atomic E-state index is 0.105. The minimum atomic E-state index is -0.913. The van der Waals surface area contributed by atoms with Crippen LogP contribution in [0, 0.1) is 0 Å². The average molecular weight is 331 g/mol. The van der Waals surface area contributed by atoms with Gasteiger partial charge in [-0.15, -0.1) is 0 Å². The highest BCUT2D eigenvalue weighted by atomic mass is 16.5. The Kier molecular flexibility index (Phi) is 4.76. The van der Waals surface area contributed by atoms with Crippen LogP contribution < -0.4 is 15.0 Å². The van der Waals surface area contributed by atoms with Gasteiger partial charge < -0.3 is 19.9 Å². The van der Waals surface area contributed by atoms with Crippen molar-refractivity contribution in [3.8, 4) is 5.75 Å². The molecule has 1 aromatic carbocycles. The summed E-state index contributed by atoms with van der Waals surface area (Å²) in [6.45, 7) is 7.21. The zero-order valence-corrected chi connectivity index (χ0v) is 14.4. The Labute approximate surface area is 142 Å². The fourth-order valence-electron chi connectivity index (χ4n) is 3.20. The summed E-state index contributed by atoms with van der Waals surface area (Å²) in [4.78, 5) is 28.8. The van der Waals surface area contributed by atoms with E-state index in [1.54, 1.807) is 18.7 Å². The molecule has 2 heterocycles. The van der Waals surface area contributed by atoms with Crippen molar-refractivity contribution in [3.63, 3.8) is 0 Å². The lowest BCUT2D eigenvalue weighted by atomic mass is 10.0. The molecule has 0 radical (unpaired) electrons. The summed E-state index contributed by atoms with van der Waals surface area (Å²) in [7, 11) is 0. The monoisotopic (exact) mass is 331 g/mol. The van der Waals surface area contributed by atoms with Crippen LogP contribution in [0.4, 0.5) is 5.69 Å². The van der Waals surface area contributed by atoms with Gasteiger partial charge in [-0.3, -0.25) is 9.59 Å². The summed E-state index contributed by atoms with van der Waals surface area (Å²) in [6.07, 6.45) is 1.30. The number of nitrogens with one attached hydrogen (secondary N) is 1. The van der Waals surface area contributed by atoms with Gasteiger partial charge >= 0.3 is 0 Å². The van der Waals surface area contributed by atoms with Gasteiger partial charge in [0.25, 0.3) is 5.91 Å². The highest BCUT2D eigenvalue weighted by Crippen LogP contribution is 2.37. The summed E-state index contributed by atoms with van der Waals surface area (Å²) >= 11 is 0. The zero-order chi connectivity index (χ0) is 17.2. The Morgan fingerprint density at radius 3 is 2.88 bits per heavy atom. The summed E-state index contributed by atoms with van der Waals surface area (Å²) < 4.78 is 5.81. The first kappa shape index (κ1) is 16.8. The van der Waals surface area contributed by atoms with E-state index in [1.807, 2.05) is 29.2 Å². The van der Waals surface area contributed by atoms with Crippen LogP contribution in [0.1, 0.15) is 26.7 Å². The number of hydrogen-bond donors (Lipinski definition) is 1. The second-order valence-electron chi connectivity index (χ2n) is 6.77. The minimum Gasteiger partial charge on any atom is -0.476 e. The van der Waals surface area contributed by atoms with Gasteiger partial charge in [-0.2, -0.15) is 0 Å². The van der Waals surface area contributed by atoms with Crippen LogP contribution in [-0.2, 0) is 9.59 Å². The molecule has 24 heavy (non-hydrogen) atoms. The lowest BCUT2D eigenvalue weighted by molar-refractivity contribution is -0.133. The van der Waals surface area contributed by atoms with Crippen molar-refractivity contribution in [1.82, 2.24) is 10.2 Å². The molecule has 0 unspecified atom stereocenters. The van der Waals surface area contributed by atoms with Gasteiger partial charge in [-0.1, -0.05) is 12.1 Å². The second kappa shape index (κ2) is 6.81. The molecule has 6 heteroatoms. The molecule has 3 rings (SSSR count). The number of nitrogens with zero attached hydrogens (tertiary/aromatic N) is 2. The molecule has 0 saturated carbocycles. The van der Waals surface area contributed by atoms with Gasteiger partial charge in [0.1, 0.15) is 5.75 Å². The quantitative estimate of drug-likeness (QED) is 0.909. The predicted octanol–water partition coefficient (Wildman–Crippen LogP) is 1.40. The number of benzene rings is 1. The largest absolute Gasteiger partial charge is 0.476 e. The number of ether oxygens (including phenoxy) is 1. The standard InChI is InChI=1S/C18H25N3O3/c1-18(2)17(23)21(14-6-3-4-7-15(14)24-18)12-8-16(22)20-11-5-9-19-10-13-20/h3-4,6-7,19H,5,8-13H2,1-2H3. The first-order valence-corrected chi connectivity index (χ1v) is 8.57. The molecule has 2 aliphatic heterocycles. The van der Waals surface area contributed by atoms with E-state index in [-0.39, 0.29) is 11.8 Å². The summed E-state index contributed by atoms with van der Waals surface area (Å²) in [5.74, 6) is 0.688. The van der Waals surface area contributed by atoms with Gasteiger partial charge in [-0.05, 0) is 38.9 Å². The second-order valence-corrected chi connectivity index (χ2v) is 6.77. The van der Waals surface area contributed by atoms with E-state index in [2.05, 4.69) is 5.32 Å². The highest BCUT2D eigenvalue weighted by molar-refractivity contribution is 6.02. The van der Waals surface area contributed by atoms with Crippen molar-refractivity contribution < 1.29 is 14.3 Å². The summed E-state index contributed by atoms with van der Waals surface area (Å²) in [6, 6.07) is 7.49. The fraction of sp³-hybridized carbons (Fsp3) is 0.556. The number of para-hydroxylation sites is 2. The molecule has 2 amide bonds. The molecule has 0 spiro atoms. The van der Waals surface area contributed by atoms with Crippen LogP contribution in [0.25, 0.3) is 0 Å².